The summed E-state index contributed by atoms with van der Waals surface area (Å²) in [6.45, 7) is 1.53. The van der Waals surface area contributed by atoms with Gasteiger partial charge in [-0.05, 0) is 30.8 Å². The minimum Gasteiger partial charge on any atom is -0.465 e. The number of methoxy groups -OCH3 is 1. The Bertz CT molecular complexity index is 614. The molecule has 2 aromatic rings. The Hall–Kier alpha value is -1.72. The van der Waals surface area contributed by atoms with E-state index in [1.165, 1.54) is 12.7 Å². The number of carbonyl (C=O) groups excluding carboxylic acids is 1. The van der Waals surface area contributed by atoms with Crippen molar-refractivity contribution in [1.29, 1.82) is 0 Å². The number of benzene rings is 1. The highest BCUT2D eigenvalue weighted by Crippen LogP contribution is 2.18. The summed E-state index contributed by atoms with van der Waals surface area (Å²) >= 11 is 3.55. The van der Waals surface area contributed by atoms with Crippen LogP contribution < -0.4 is 0 Å². The Morgan fingerprint density at radius 1 is 1.24 bits per heavy atom. The molecule has 0 fully saturated rings. The largest absolute Gasteiger partial charge is 0.465 e. The van der Waals surface area contributed by atoms with Gasteiger partial charge in [-0.25, -0.2) is 4.79 Å². The summed E-state index contributed by atoms with van der Waals surface area (Å²) in [7, 11) is 3.40. The van der Waals surface area contributed by atoms with E-state index in [0.29, 0.717) is 12.1 Å². The highest BCUT2D eigenvalue weighted by atomic mass is 79.9. The first-order chi connectivity index (χ1) is 10.1. The molecule has 0 aliphatic heterocycles. The molecular formula is C16H17BrN2O2. The smallest absolute Gasteiger partial charge is 0.339 e. The molecule has 1 aromatic carbocycles. The van der Waals surface area contributed by atoms with Gasteiger partial charge in [0.15, 0.2) is 0 Å². The molecule has 0 amide bonds. The molecular weight excluding hydrogens is 332 g/mol. The van der Waals surface area contributed by atoms with E-state index in [9.17, 15) is 4.79 Å². The summed E-state index contributed by atoms with van der Waals surface area (Å²) < 4.78 is 5.76. The van der Waals surface area contributed by atoms with Crippen molar-refractivity contribution in [3.8, 4) is 0 Å². The SMILES string of the molecule is COC(=O)c1ccc(CN(C)Cc2ccccc2Br)nc1. The van der Waals surface area contributed by atoms with Gasteiger partial charge in [-0.15, -0.1) is 0 Å². The first kappa shape index (κ1) is 15.7. The van der Waals surface area contributed by atoms with Gasteiger partial charge < -0.3 is 4.74 Å². The minimum absolute atomic E-state index is 0.365. The van der Waals surface area contributed by atoms with E-state index in [-0.39, 0.29) is 5.97 Å². The molecule has 0 radical (unpaired) electrons. The minimum atomic E-state index is -0.365. The molecule has 110 valence electrons. The third kappa shape index (κ3) is 4.37. The number of halogens is 1. The van der Waals surface area contributed by atoms with Crippen LogP contribution in [0.4, 0.5) is 0 Å². The van der Waals surface area contributed by atoms with Crippen LogP contribution in [0.3, 0.4) is 0 Å². The fraction of sp³-hybridized carbons (Fsp3) is 0.250. The number of hydrogen-bond donors (Lipinski definition) is 0. The number of ether oxygens (including phenoxy) is 1. The van der Waals surface area contributed by atoms with Gasteiger partial charge in [0.25, 0.3) is 0 Å². The Labute approximate surface area is 132 Å². The predicted molar refractivity (Wildman–Crippen MR) is 84.9 cm³/mol. The highest BCUT2D eigenvalue weighted by Gasteiger charge is 2.08. The third-order valence-corrected chi connectivity index (χ3v) is 3.85. The zero-order valence-electron chi connectivity index (χ0n) is 12.0. The molecule has 21 heavy (non-hydrogen) atoms. The van der Waals surface area contributed by atoms with E-state index >= 15 is 0 Å². The lowest BCUT2D eigenvalue weighted by atomic mass is 10.2. The van der Waals surface area contributed by atoms with Crippen LogP contribution in [0.1, 0.15) is 21.6 Å². The van der Waals surface area contributed by atoms with E-state index in [0.717, 1.165) is 16.7 Å². The van der Waals surface area contributed by atoms with Crippen LogP contribution in [0.25, 0.3) is 0 Å². The molecule has 1 heterocycles. The maximum Gasteiger partial charge on any atom is 0.339 e. The average Bonchev–Trinajstić information content (AvgIpc) is 2.49. The van der Waals surface area contributed by atoms with Crippen LogP contribution in [0.2, 0.25) is 0 Å². The fourth-order valence-corrected chi connectivity index (χ4v) is 2.42. The van der Waals surface area contributed by atoms with Crippen LogP contribution in [0.15, 0.2) is 47.1 Å². The highest BCUT2D eigenvalue weighted by molar-refractivity contribution is 9.10. The number of esters is 1. The average molecular weight is 349 g/mol. The zero-order valence-corrected chi connectivity index (χ0v) is 13.6. The van der Waals surface area contributed by atoms with Crippen molar-refractivity contribution in [2.75, 3.05) is 14.2 Å². The van der Waals surface area contributed by atoms with Gasteiger partial charge in [-0.2, -0.15) is 0 Å². The topological polar surface area (TPSA) is 42.4 Å². The first-order valence-electron chi connectivity index (χ1n) is 6.55. The zero-order chi connectivity index (χ0) is 15.2. The third-order valence-electron chi connectivity index (χ3n) is 3.08. The van der Waals surface area contributed by atoms with Crippen molar-refractivity contribution < 1.29 is 9.53 Å². The van der Waals surface area contributed by atoms with E-state index < -0.39 is 0 Å². The van der Waals surface area contributed by atoms with Gasteiger partial charge in [-0.1, -0.05) is 34.1 Å². The molecule has 2 rings (SSSR count). The maximum absolute atomic E-state index is 11.3. The molecule has 0 saturated carbocycles. The molecule has 0 atom stereocenters. The van der Waals surface area contributed by atoms with Gasteiger partial charge in [0.1, 0.15) is 0 Å². The molecule has 0 N–H and O–H groups in total. The molecule has 0 bridgehead atoms. The number of rotatable bonds is 5. The van der Waals surface area contributed by atoms with Gasteiger partial charge >= 0.3 is 5.97 Å². The van der Waals surface area contributed by atoms with Crippen molar-refractivity contribution in [2.24, 2.45) is 0 Å². The summed E-state index contributed by atoms with van der Waals surface area (Å²) in [4.78, 5) is 17.8. The molecule has 5 heteroatoms. The Balaban J connectivity index is 1.98. The fourth-order valence-electron chi connectivity index (χ4n) is 2.01. The first-order valence-corrected chi connectivity index (χ1v) is 7.34. The standard InChI is InChI=1S/C16H17BrN2O2/c1-19(10-13-5-3-4-6-15(13)17)11-14-8-7-12(9-18-14)16(20)21-2/h3-9H,10-11H2,1-2H3. The molecule has 0 aliphatic rings. The van der Waals surface area contributed by atoms with Gasteiger partial charge in [0, 0.05) is 23.8 Å². The lowest BCUT2D eigenvalue weighted by molar-refractivity contribution is 0.0600. The summed E-state index contributed by atoms with van der Waals surface area (Å²) in [6.07, 6.45) is 1.55. The monoisotopic (exact) mass is 348 g/mol. The molecule has 0 unspecified atom stereocenters. The summed E-state index contributed by atoms with van der Waals surface area (Å²) in [5.41, 5.74) is 2.61. The molecule has 0 aliphatic carbocycles. The van der Waals surface area contributed by atoms with Crippen LogP contribution in [0.5, 0.6) is 0 Å². The van der Waals surface area contributed by atoms with E-state index in [4.69, 9.17) is 0 Å². The van der Waals surface area contributed by atoms with Crippen molar-refractivity contribution >= 4 is 21.9 Å². The second-order valence-corrected chi connectivity index (χ2v) is 5.65. The number of hydrogen-bond acceptors (Lipinski definition) is 4. The number of carbonyl (C=O) groups is 1. The Morgan fingerprint density at radius 3 is 2.62 bits per heavy atom. The van der Waals surface area contributed by atoms with Crippen molar-refractivity contribution in [2.45, 2.75) is 13.1 Å². The van der Waals surface area contributed by atoms with Crippen molar-refractivity contribution in [3.05, 3.63) is 63.9 Å². The van der Waals surface area contributed by atoms with E-state index in [2.05, 4.69) is 36.6 Å². The predicted octanol–water partition coefficient (Wildman–Crippen LogP) is 3.26. The second-order valence-electron chi connectivity index (χ2n) is 4.79. The lowest BCUT2D eigenvalue weighted by Crippen LogP contribution is -2.18. The Kier molecular flexibility index (Phi) is 5.47. The van der Waals surface area contributed by atoms with Crippen LogP contribution in [0, 0.1) is 0 Å². The Morgan fingerprint density at radius 2 is 2.00 bits per heavy atom. The molecule has 1 aromatic heterocycles. The van der Waals surface area contributed by atoms with Crippen LogP contribution >= 0.6 is 15.9 Å². The lowest BCUT2D eigenvalue weighted by Gasteiger charge is -2.17. The number of aromatic nitrogens is 1. The normalized spacial score (nSPS) is 10.7. The maximum atomic E-state index is 11.3. The van der Waals surface area contributed by atoms with Gasteiger partial charge in [-0.3, -0.25) is 9.88 Å². The van der Waals surface area contributed by atoms with E-state index in [1.807, 2.05) is 31.3 Å². The molecule has 4 nitrogen and oxygen atoms in total. The summed E-state index contributed by atoms with van der Waals surface area (Å²) in [5, 5.41) is 0. The summed E-state index contributed by atoms with van der Waals surface area (Å²) in [5.74, 6) is -0.365. The van der Waals surface area contributed by atoms with Gasteiger partial charge in [0.05, 0.1) is 18.4 Å². The van der Waals surface area contributed by atoms with Crippen molar-refractivity contribution in [1.82, 2.24) is 9.88 Å². The number of nitrogens with zero attached hydrogens (tertiary/aromatic N) is 2. The second kappa shape index (κ2) is 7.33. The number of pyridine rings is 1. The van der Waals surface area contributed by atoms with E-state index in [1.54, 1.807) is 12.3 Å². The summed E-state index contributed by atoms with van der Waals surface area (Å²) in [6, 6.07) is 11.7. The molecule has 0 saturated heterocycles. The van der Waals surface area contributed by atoms with Crippen LogP contribution in [-0.2, 0) is 17.8 Å². The van der Waals surface area contributed by atoms with Gasteiger partial charge in [0.2, 0.25) is 0 Å². The van der Waals surface area contributed by atoms with Crippen LogP contribution in [-0.4, -0.2) is 30.0 Å². The molecule has 0 spiro atoms. The quantitative estimate of drug-likeness (QED) is 0.777. The van der Waals surface area contributed by atoms with Crippen molar-refractivity contribution in [3.63, 3.8) is 0 Å².